The van der Waals surface area contributed by atoms with Crippen LogP contribution in [-0.4, -0.2) is 30.4 Å². The molecule has 0 radical (unpaired) electrons. The van der Waals surface area contributed by atoms with Gasteiger partial charge in [-0.1, -0.05) is 18.2 Å². The highest BCUT2D eigenvalue weighted by molar-refractivity contribution is 5.97. The summed E-state index contributed by atoms with van der Waals surface area (Å²) in [7, 11) is 0. The van der Waals surface area contributed by atoms with Crippen molar-refractivity contribution in [1.29, 1.82) is 5.41 Å². The van der Waals surface area contributed by atoms with Crippen molar-refractivity contribution in [3.63, 3.8) is 0 Å². The van der Waals surface area contributed by atoms with Crippen LogP contribution in [0.2, 0.25) is 0 Å². The maximum absolute atomic E-state index is 15.4. The molecule has 0 spiro atoms. The number of nitrogen functional groups attached to an aromatic ring is 1. The molecule has 0 aromatic heterocycles. The van der Waals surface area contributed by atoms with Crippen molar-refractivity contribution in [2.75, 3.05) is 11.9 Å². The van der Waals surface area contributed by atoms with E-state index in [1.165, 1.54) is 12.1 Å². The normalized spacial score (nSPS) is 11.4. The van der Waals surface area contributed by atoms with Crippen molar-refractivity contribution in [3.8, 4) is 11.5 Å². The van der Waals surface area contributed by atoms with Gasteiger partial charge in [0.15, 0.2) is 11.5 Å². The number of rotatable bonds is 10. The molecule has 0 aliphatic carbocycles. The fourth-order valence-corrected chi connectivity index (χ4v) is 3.44. The topological polar surface area (TPSA) is 139 Å². The lowest BCUT2D eigenvalue weighted by Crippen LogP contribution is -2.45. The summed E-state index contributed by atoms with van der Waals surface area (Å²) in [6, 6.07) is 16.0. The van der Waals surface area contributed by atoms with E-state index in [9.17, 15) is 9.59 Å². The summed E-state index contributed by atoms with van der Waals surface area (Å²) in [5.74, 6) is -1.60. The molecule has 0 saturated carbocycles. The molecule has 6 N–H and O–H groups in total. The maximum Gasteiger partial charge on any atom is 0.269 e. The van der Waals surface area contributed by atoms with Crippen molar-refractivity contribution in [2.24, 2.45) is 5.73 Å². The van der Waals surface area contributed by atoms with E-state index in [1.54, 1.807) is 75.4 Å². The molecule has 9 nitrogen and oxygen atoms in total. The largest absolute Gasteiger partial charge is 0.490 e. The minimum Gasteiger partial charge on any atom is -0.490 e. The lowest BCUT2D eigenvalue weighted by Gasteiger charge is -2.23. The molecule has 0 fully saturated rings. The first-order valence-corrected chi connectivity index (χ1v) is 11.7. The Balaban J connectivity index is 1.94. The third kappa shape index (κ3) is 7.20. The van der Waals surface area contributed by atoms with Gasteiger partial charge >= 0.3 is 0 Å². The number of halogens is 1. The van der Waals surface area contributed by atoms with Gasteiger partial charge in [0.05, 0.1) is 12.7 Å². The number of amidine groups is 1. The van der Waals surface area contributed by atoms with E-state index in [-0.39, 0.29) is 29.0 Å². The molecule has 3 aromatic carbocycles. The lowest BCUT2D eigenvalue weighted by atomic mass is 10.0. The molecule has 194 valence electrons. The van der Waals surface area contributed by atoms with Gasteiger partial charge in [-0.3, -0.25) is 25.8 Å². The number of ether oxygens (including phenoxy) is 2. The van der Waals surface area contributed by atoms with Crippen molar-refractivity contribution < 1.29 is 23.5 Å². The highest BCUT2D eigenvalue weighted by Crippen LogP contribution is 2.35. The fourth-order valence-electron chi connectivity index (χ4n) is 3.44. The van der Waals surface area contributed by atoms with Crippen LogP contribution in [0.5, 0.6) is 11.5 Å². The van der Waals surface area contributed by atoms with Crippen molar-refractivity contribution in [3.05, 3.63) is 89.2 Å². The number of amides is 2. The van der Waals surface area contributed by atoms with Gasteiger partial charge in [-0.15, -0.1) is 0 Å². The first-order chi connectivity index (χ1) is 17.7. The van der Waals surface area contributed by atoms with Gasteiger partial charge in [-0.05, 0) is 63.2 Å². The number of hydrazine groups is 1. The van der Waals surface area contributed by atoms with Crippen LogP contribution in [0.25, 0.3) is 0 Å². The molecule has 0 bridgehead atoms. The molecular formula is C27H30FN5O4. The Labute approximate surface area is 214 Å². The smallest absolute Gasteiger partial charge is 0.269 e. The zero-order valence-electron chi connectivity index (χ0n) is 20.8. The number of anilines is 1. The van der Waals surface area contributed by atoms with Gasteiger partial charge in [0.1, 0.15) is 17.7 Å². The van der Waals surface area contributed by atoms with E-state index in [0.717, 1.165) is 0 Å². The van der Waals surface area contributed by atoms with Gasteiger partial charge in [0.25, 0.3) is 11.8 Å². The first-order valence-electron chi connectivity index (χ1n) is 11.7. The highest BCUT2D eigenvalue weighted by atomic mass is 19.1. The van der Waals surface area contributed by atoms with E-state index >= 15 is 4.39 Å². The fraction of sp³-hybridized carbons (Fsp3) is 0.222. The van der Waals surface area contributed by atoms with E-state index < -0.39 is 23.7 Å². The summed E-state index contributed by atoms with van der Waals surface area (Å²) in [5.41, 5.74) is 11.5. The third-order valence-corrected chi connectivity index (χ3v) is 5.14. The minimum absolute atomic E-state index is 0.0262. The summed E-state index contributed by atoms with van der Waals surface area (Å²) < 4.78 is 26.7. The second-order valence-electron chi connectivity index (χ2n) is 8.30. The zero-order chi connectivity index (χ0) is 26.9. The molecule has 0 aliphatic heterocycles. The average molecular weight is 508 g/mol. The molecule has 2 amide bonds. The Morgan fingerprint density at radius 3 is 2.24 bits per heavy atom. The van der Waals surface area contributed by atoms with Crippen LogP contribution in [0.15, 0.2) is 66.7 Å². The van der Waals surface area contributed by atoms with Crippen LogP contribution < -0.4 is 31.4 Å². The summed E-state index contributed by atoms with van der Waals surface area (Å²) in [5, 5.41) is 10.5. The van der Waals surface area contributed by atoms with E-state index in [0.29, 0.717) is 23.4 Å². The molecule has 1 unspecified atom stereocenters. The predicted octanol–water partition coefficient (Wildman–Crippen LogP) is 3.91. The quantitative estimate of drug-likeness (QED) is 0.160. The van der Waals surface area contributed by atoms with Crippen LogP contribution in [-0.2, 0) is 4.79 Å². The molecule has 1 atom stereocenters. The summed E-state index contributed by atoms with van der Waals surface area (Å²) in [4.78, 5) is 25.7. The Morgan fingerprint density at radius 2 is 1.65 bits per heavy atom. The molecule has 3 aromatic rings. The number of hydrogen-bond acceptors (Lipinski definition) is 6. The molecule has 37 heavy (non-hydrogen) atoms. The Morgan fingerprint density at radius 1 is 0.973 bits per heavy atom. The molecule has 0 heterocycles. The van der Waals surface area contributed by atoms with Crippen molar-refractivity contribution >= 4 is 23.3 Å². The van der Waals surface area contributed by atoms with Crippen LogP contribution in [0.4, 0.5) is 10.1 Å². The SMILES string of the molecule is CCOc1cc(C(Nc2ccc(C(=N)N)cc2)C(=O)NNC(=O)c2ccccc2)c(F)cc1OC(C)C. The van der Waals surface area contributed by atoms with E-state index in [4.69, 9.17) is 20.6 Å². The average Bonchev–Trinajstić information content (AvgIpc) is 2.88. The third-order valence-electron chi connectivity index (χ3n) is 5.14. The lowest BCUT2D eigenvalue weighted by molar-refractivity contribution is -0.122. The molecule has 0 aliphatic rings. The number of carbonyl (C=O) groups is 2. The molecule has 10 heteroatoms. The Kier molecular flexibility index (Phi) is 9.04. The summed E-state index contributed by atoms with van der Waals surface area (Å²) >= 11 is 0. The molecular weight excluding hydrogens is 477 g/mol. The minimum atomic E-state index is -1.27. The monoisotopic (exact) mass is 507 g/mol. The predicted molar refractivity (Wildman–Crippen MR) is 139 cm³/mol. The first kappa shape index (κ1) is 27.0. The molecule has 0 saturated heterocycles. The summed E-state index contributed by atoms with van der Waals surface area (Å²) in [6.45, 7) is 5.68. The van der Waals surface area contributed by atoms with E-state index in [1.807, 2.05) is 0 Å². The van der Waals surface area contributed by atoms with Crippen molar-refractivity contribution in [1.82, 2.24) is 10.9 Å². The second kappa shape index (κ2) is 12.4. The standard InChI is InChI=1S/C27H30FN5O4/c1-4-36-22-14-20(21(28)15-23(22)37-16(2)3)24(31-19-12-10-17(11-13-19)25(29)30)27(35)33-32-26(34)18-8-6-5-7-9-18/h5-16,24,31H,4H2,1-3H3,(H3,29,30)(H,32,34)(H,33,35). The Bertz CT molecular complexity index is 1250. The van der Waals surface area contributed by atoms with Gasteiger partial charge in [0, 0.05) is 28.4 Å². The van der Waals surface area contributed by atoms with Crippen LogP contribution in [0.1, 0.15) is 48.3 Å². The van der Waals surface area contributed by atoms with Gasteiger partial charge in [-0.2, -0.15) is 0 Å². The maximum atomic E-state index is 15.4. The second-order valence-corrected chi connectivity index (χ2v) is 8.30. The van der Waals surface area contributed by atoms with E-state index in [2.05, 4.69) is 16.2 Å². The van der Waals surface area contributed by atoms with Crippen LogP contribution in [0, 0.1) is 11.2 Å². The van der Waals surface area contributed by atoms with Crippen molar-refractivity contribution in [2.45, 2.75) is 32.9 Å². The number of carbonyl (C=O) groups excluding carboxylic acids is 2. The number of nitrogens with two attached hydrogens (primary N) is 1. The number of hydrogen-bond donors (Lipinski definition) is 5. The number of benzene rings is 3. The highest BCUT2D eigenvalue weighted by Gasteiger charge is 2.27. The summed E-state index contributed by atoms with van der Waals surface area (Å²) in [6.07, 6.45) is -0.227. The number of nitrogens with one attached hydrogen (secondary N) is 4. The molecule has 3 rings (SSSR count). The Hall–Kier alpha value is -4.60. The van der Waals surface area contributed by atoms with Crippen LogP contribution in [0.3, 0.4) is 0 Å². The van der Waals surface area contributed by atoms with Gasteiger partial charge < -0.3 is 20.5 Å². The zero-order valence-corrected chi connectivity index (χ0v) is 20.8. The van der Waals surface area contributed by atoms with Gasteiger partial charge in [-0.25, -0.2) is 4.39 Å². The van der Waals surface area contributed by atoms with Gasteiger partial charge in [0.2, 0.25) is 0 Å². The van der Waals surface area contributed by atoms with Crippen LogP contribution >= 0.6 is 0 Å².